The molecule has 0 saturated carbocycles. The number of hydrogen-bond acceptors (Lipinski definition) is 5. The van der Waals surface area contributed by atoms with Crippen molar-refractivity contribution in [3.63, 3.8) is 0 Å². The molecule has 0 saturated heterocycles. The normalized spacial score (nSPS) is 11.2. The van der Waals surface area contributed by atoms with Gasteiger partial charge in [-0.25, -0.2) is 14.9 Å². The van der Waals surface area contributed by atoms with E-state index in [1.54, 1.807) is 0 Å². The summed E-state index contributed by atoms with van der Waals surface area (Å²) in [7, 11) is 0. The smallest absolute Gasteiger partial charge is 0.298 e. The van der Waals surface area contributed by atoms with Crippen molar-refractivity contribution in [1.82, 2.24) is 24.7 Å². The molecule has 0 aliphatic carbocycles. The summed E-state index contributed by atoms with van der Waals surface area (Å²) in [5, 5.41) is 6.73. The zero-order valence-corrected chi connectivity index (χ0v) is 11.0. The average molecular weight is 277 g/mol. The summed E-state index contributed by atoms with van der Waals surface area (Å²) in [5.74, 6) is 0.526. The number of H-pyrrole nitrogens is 2. The lowest BCUT2D eigenvalue weighted by molar-refractivity contribution is 0.645. The van der Waals surface area contributed by atoms with Crippen molar-refractivity contribution in [3.8, 4) is 0 Å². The van der Waals surface area contributed by atoms with Crippen LogP contribution in [0.1, 0.15) is 10.7 Å². The molecular formula is C11H11N5O2S. The maximum Gasteiger partial charge on any atom is 0.340 e. The van der Waals surface area contributed by atoms with E-state index in [0.717, 1.165) is 9.71 Å². The number of aromatic amines is 2. The standard InChI is InChI=1S/C11H11N5O2S/c1-6-4-7-9(19-6)12-5-16(10(7)17)3-2-8-13-11(18)15-14-8/h4-5H,2-3H2,1H3,(H2,13,14,15,18). The van der Waals surface area contributed by atoms with Crippen molar-refractivity contribution < 1.29 is 0 Å². The van der Waals surface area contributed by atoms with E-state index in [0.29, 0.717) is 24.2 Å². The van der Waals surface area contributed by atoms with Gasteiger partial charge in [0.05, 0.1) is 11.7 Å². The zero-order chi connectivity index (χ0) is 13.4. The number of rotatable bonds is 3. The van der Waals surface area contributed by atoms with Gasteiger partial charge in [-0.05, 0) is 13.0 Å². The van der Waals surface area contributed by atoms with E-state index < -0.39 is 0 Å². The summed E-state index contributed by atoms with van der Waals surface area (Å²) >= 11 is 1.50. The Balaban J connectivity index is 1.90. The van der Waals surface area contributed by atoms with Crippen molar-refractivity contribution >= 4 is 21.6 Å². The van der Waals surface area contributed by atoms with Crippen LogP contribution < -0.4 is 11.2 Å². The summed E-state index contributed by atoms with van der Waals surface area (Å²) in [6.45, 7) is 2.38. The van der Waals surface area contributed by atoms with Crippen LogP contribution in [0.4, 0.5) is 0 Å². The number of thiophene rings is 1. The fraction of sp³-hybridized carbons (Fsp3) is 0.273. The second-order valence-corrected chi connectivity index (χ2v) is 5.43. The second kappa shape index (κ2) is 4.47. The van der Waals surface area contributed by atoms with Crippen molar-refractivity contribution in [3.05, 3.63) is 43.9 Å². The molecule has 0 amide bonds. The molecule has 3 heterocycles. The van der Waals surface area contributed by atoms with Gasteiger partial charge in [-0.1, -0.05) is 0 Å². The highest BCUT2D eigenvalue weighted by molar-refractivity contribution is 7.18. The van der Waals surface area contributed by atoms with Gasteiger partial charge in [-0.15, -0.1) is 11.3 Å². The summed E-state index contributed by atoms with van der Waals surface area (Å²) in [4.78, 5) is 31.7. The topological polar surface area (TPSA) is 96.4 Å². The molecule has 3 aromatic heterocycles. The van der Waals surface area contributed by atoms with Crippen molar-refractivity contribution in [2.45, 2.75) is 19.9 Å². The first-order valence-corrected chi connectivity index (χ1v) is 6.54. The third kappa shape index (κ3) is 2.22. The van der Waals surface area contributed by atoms with Crippen LogP contribution in [0, 0.1) is 6.92 Å². The highest BCUT2D eigenvalue weighted by atomic mass is 32.1. The molecule has 3 rings (SSSR count). The van der Waals surface area contributed by atoms with Crippen LogP contribution in [0.25, 0.3) is 10.2 Å². The van der Waals surface area contributed by atoms with Gasteiger partial charge in [0.25, 0.3) is 5.56 Å². The summed E-state index contributed by atoms with van der Waals surface area (Å²) in [6.07, 6.45) is 2.00. The van der Waals surface area contributed by atoms with E-state index in [2.05, 4.69) is 20.2 Å². The third-order valence-corrected chi connectivity index (χ3v) is 3.74. The maximum atomic E-state index is 12.2. The predicted molar refractivity (Wildman–Crippen MR) is 71.5 cm³/mol. The van der Waals surface area contributed by atoms with Crippen LogP contribution >= 0.6 is 11.3 Å². The molecule has 0 atom stereocenters. The maximum absolute atomic E-state index is 12.2. The fourth-order valence-corrected chi connectivity index (χ4v) is 2.73. The van der Waals surface area contributed by atoms with Gasteiger partial charge in [-0.2, -0.15) is 5.10 Å². The first-order valence-electron chi connectivity index (χ1n) is 5.72. The fourth-order valence-electron chi connectivity index (χ4n) is 1.89. The SMILES string of the molecule is Cc1cc2c(=O)n(CCc3n[nH]c(=O)[nH]3)cnc2s1. The van der Waals surface area contributed by atoms with Crippen molar-refractivity contribution in [2.75, 3.05) is 0 Å². The minimum Gasteiger partial charge on any atom is -0.298 e. The number of aryl methyl sites for hydroxylation is 3. The van der Waals surface area contributed by atoms with Gasteiger partial charge < -0.3 is 0 Å². The lowest BCUT2D eigenvalue weighted by Crippen LogP contribution is -2.21. The number of nitrogens with one attached hydrogen (secondary N) is 2. The van der Waals surface area contributed by atoms with E-state index in [4.69, 9.17) is 0 Å². The minimum atomic E-state index is -0.343. The van der Waals surface area contributed by atoms with E-state index in [1.165, 1.54) is 22.2 Å². The summed E-state index contributed by atoms with van der Waals surface area (Å²) in [5.41, 5.74) is -0.406. The lowest BCUT2D eigenvalue weighted by atomic mass is 10.3. The van der Waals surface area contributed by atoms with Gasteiger partial charge in [0.1, 0.15) is 10.7 Å². The van der Waals surface area contributed by atoms with Gasteiger partial charge in [0.2, 0.25) is 0 Å². The summed E-state index contributed by atoms with van der Waals surface area (Å²) < 4.78 is 1.53. The first-order chi connectivity index (χ1) is 9.13. The van der Waals surface area contributed by atoms with Gasteiger partial charge in [0, 0.05) is 17.8 Å². The van der Waals surface area contributed by atoms with Crippen LogP contribution in [0.2, 0.25) is 0 Å². The summed E-state index contributed by atoms with van der Waals surface area (Å²) in [6, 6.07) is 1.85. The Labute approximate surface area is 110 Å². The molecule has 0 bridgehead atoms. The monoisotopic (exact) mass is 277 g/mol. The molecule has 8 heteroatoms. The molecule has 0 unspecified atom stereocenters. The van der Waals surface area contributed by atoms with Crippen LogP contribution in [-0.2, 0) is 13.0 Å². The molecule has 19 heavy (non-hydrogen) atoms. The molecule has 3 aromatic rings. The Bertz CT molecular complexity index is 841. The molecule has 0 spiro atoms. The molecule has 7 nitrogen and oxygen atoms in total. The molecular weight excluding hydrogens is 266 g/mol. The van der Waals surface area contributed by atoms with Crippen molar-refractivity contribution in [2.24, 2.45) is 0 Å². The molecule has 2 N–H and O–H groups in total. The molecule has 0 fully saturated rings. The van der Waals surface area contributed by atoms with Crippen LogP contribution in [-0.4, -0.2) is 24.7 Å². The van der Waals surface area contributed by atoms with E-state index in [9.17, 15) is 9.59 Å². The van der Waals surface area contributed by atoms with E-state index in [1.807, 2.05) is 13.0 Å². The quantitative estimate of drug-likeness (QED) is 0.725. The predicted octanol–water partition coefficient (Wildman–Crippen LogP) is 0.421. The number of nitrogens with zero attached hydrogens (tertiary/aromatic N) is 3. The molecule has 0 aliphatic rings. The average Bonchev–Trinajstić information content (AvgIpc) is 2.94. The van der Waals surface area contributed by atoms with Gasteiger partial charge in [-0.3, -0.25) is 14.3 Å². The first kappa shape index (κ1) is 11.8. The lowest BCUT2D eigenvalue weighted by Gasteiger charge is -2.02. The van der Waals surface area contributed by atoms with Crippen molar-refractivity contribution in [1.29, 1.82) is 0 Å². The Morgan fingerprint density at radius 3 is 3.00 bits per heavy atom. The minimum absolute atomic E-state index is 0.0627. The number of aromatic nitrogens is 5. The highest BCUT2D eigenvalue weighted by Gasteiger charge is 2.07. The van der Waals surface area contributed by atoms with E-state index >= 15 is 0 Å². The largest absolute Gasteiger partial charge is 0.340 e. The molecule has 0 aromatic carbocycles. The molecule has 0 radical (unpaired) electrons. The Hall–Kier alpha value is -2.22. The Morgan fingerprint density at radius 2 is 2.26 bits per heavy atom. The number of hydrogen-bond donors (Lipinski definition) is 2. The van der Waals surface area contributed by atoms with Gasteiger partial charge >= 0.3 is 5.69 Å². The van der Waals surface area contributed by atoms with Gasteiger partial charge in [0.15, 0.2) is 0 Å². The van der Waals surface area contributed by atoms with Crippen LogP contribution in [0.3, 0.4) is 0 Å². The van der Waals surface area contributed by atoms with E-state index in [-0.39, 0.29) is 11.2 Å². The zero-order valence-electron chi connectivity index (χ0n) is 10.1. The number of fused-ring (bicyclic) bond motifs is 1. The molecule has 0 aliphatic heterocycles. The Kier molecular flexibility index (Phi) is 2.79. The highest BCUT2D eigenvalue weighted by Crippen LogP contribution is 2.19. The Morgan fingerprint density at radius 1 is 1.42 bits per heavy atom. The van der Waals surface area contributed by atoms with Crippen LogP contribution in [0.5, 0.6) is 0 Å². The second-order valence-electron chi connectivity index (χ2n) is 4.19. The molecule has 98 valence electrons. The third-order valence-electron chi connectivity index (χ3n) is 2.78. The van der Waals surface area contributed by atoms with Crippen LogP contribution in [0.15, 0.2) is 22.0 Å².